The van der Waals surface area contributed by atoms with E-state index in [2.05, 4.69) is 0 Å². The lowest BCUT2D eigenvalue weighted by Gasteiger charge is -2.06. The smallest absolute Gasteiger partial charge is 0.303 e. The van der Waals surface area contributed by atoms with Crippen LogP contribution in [0.4, 0.5) is 0 Å². The molecule has 0 amide bonds. The highest BCUT2D eigenvalue weighted by atomic mass is 32.2. The minimum atomic E-state index is -3.32. The molecule has 5 nitrogen and oxygen atoms in total. The van der Waals surface area contributed by atoms with Crippen LogP contribution in [0.3, 0.4) is 0 Å². The van der Waals surface area contributed by atoms with Gasteiger partial charge in [-0.05, 0) is 31.0 Å². The summed E-state index contributed by atoms with van der Waals surface area (Å²) in [6, 6.07) is 6.32. The Balaban J connectivity index is 2.66. The van der Waals surface area contributed by atoms with Gasteiger partial charge in [0.15, 0.2) is 9.84 Å². The van der Waals surface area contributed by atoms with E-state index >= 15 is 0 Å². The normalized spacial score (nSPS) is 11.4. The van der Waals surface area contributed by atoms with Crippen LogP contribution in [0.15, 0.2) is 29.2 Å². The second-order valence-electron chi connectivity index (χ2n) is 4.05. The van der Waals surface area contributed by atoms with Crippen LogP contribution < -0.4 is 0 Å². The fourth-order valence-electron chi connectivity index (χ4n) is 1.55. The Labute approximate surface area is 113 Å². The van der Waals surface area contributed by atoms with Crippen molar-refractivity contribution in [3.63, 3.8) is 0 Å². The van der Waals surface area contributed by atoms with Gasteiger partial charge in [-0.3, -0.25) is 4.79 Å². The molecule has 0 radical (unpaired) electrons. The molecular formula is C13H18O5S. The number of sulfone groups is 1. The Hall–Kier alpha value is -1.40. The average Bonchev–Trinajstić information content (AvgIpc) is 2.37. The average molecular weight is 286 g/mol. The molecule has 0 aliphatic heterocycles. The van der Waals surface area contributed by atoms with Gasteiger partial charge in [-0.25, -0.2) is 8.42 Å². The largest absolute Gasteiger partial charge is 0.481 e. The van der Waals surface area contributed by atoms with Crippen molar-refractivity contribution >= 4 is 15.8 Å². The maximum atomic E-state index is 11.9. The summed E-state index contributed by atoms with van der Waals surface area (Å²) in [7, 11) is -3.32. The van der Waals surface area contributed by atoms with E-state index in [-0.39, 0.29) is 23.7 Å². The second-order valence-corrected chi connectivity index (χ2v) is 6.16. The monoisotopic (exact) mass is 286 g/mol. The summed E-state index contributed by atoms with van der Waals surface area (Å²) < 4.78 is 28.9. The quantitative estimate of drug-likeness (QED) is 0.733. The van der Waals surface area contributed by atoms with Crippen LogP contribution in [0.1, 0.15) is 18.9 Å². The van der Waals surface area contributed by atoms with Gasteiger partial charge in [-0.2, -0.15) is 0 Å². The van der Waals surface area contributed by atoms with E-state index in [4.69, 9.17) is 9.84 Å². The third-order valence-electron chi connectivity index (χ3n) is 2.61. The Morgan fingerprint density at radius 2 is 1.89 bits per heavy atom. The first kappa shape index (κ1) is 15.7. The molecule has 19 heavy (non-hydrogen) atoms. The second kappa shape index (κ2) is 7.25. The van der Waals surface area contributed by atoms with Crippen LogP contribution in [-0.2, 0) is 25.8 Å². The predicted octanol–water partition coefficient (Wildman–Crippen LogP) is 1.51. The number of benzene rings is 1. The lowest BCUT2D eigenvalue weighted by Crippen LogP contribution is -2.12. The van der Waals surface area contributed by atoms with Crippen molar-refractivity contribution in [3.8, 4) is 0 Å². The van der Waals surface area contributed by atoms with E-state index in [9.17, 15) is 13.2 Å². The Kier molecular flexibility index (Phi) is 5.98. The van der Waals surface area contributed by atoms with Crippen LogP contribution >= 0.6 is 0 Å². The predicted molar refractivity (Wildman–Crippen MR) is 70.9 cm³/mol. The molecule has 0 aromatic heterocycles. The molecule has 1 aromatic rings. The molecule has 0 unspecified atom stereocenters. The molecule has 0 aliphatic carbocycles. The Morgan fingerprint density at radius 3 is 2.42 bits per heavy atom. The fraction of sp³-hybridized carbons (Fsp3) is 0.462. The van der Waals surface area contributed by atoms with E-state index in [1.54, 1.807) is 12.1 Å². The van der Waals surface area contributed by atoms with Gasteiger partial charge in [-0.1, -0.05) is 12.1 Å². The molecule has 6 heteroatoms. The highest BCUT2D eigenvalue weighted by molar-refractivity contribution is 7.91. The Morgan fingerprint density at radius 1 is 1.26 bits per heavy atom. The molecule has 0 spiro atoms. The molecule has 0 saturated heterocycles. The number of aliphatic carboxylic acids is 1. The van der Waals surface area contributed by atoms with Crippen molar-refractivity contribution < 1.29 is 23.1 Å². The van der Waals surface area contributed by atoms with Crippen LogP contribution in [0, 0.1) is 0 Å². The first-order chi connectivity index (χ1) is 8.95. The van der Waals surface area contributed by atoms with Crippen LogP contribution in [0.2, 0.25) is 0 Å². The number of ether oxygens (including phenoxy) is 1. The molecule has 1 aromatic carbocycles. The topological polar surface area (TPSA) is 80.7 Å². The fourth-order valence-corrected chi connectivity index (χ4v) is 2.67. The van der Waals surface area contributed by atoms with Gasteiger partial charge in [-0.15, -0.1) is 0 Å². The first-order valence-electron chi connectivity index (χ1n) is 6.07. The number of carbonyl (C=O) groups is 1. The van der Waals surface area contributed by atoms with Crippen molar-refractivity contribution in [2.24, 2.45) is 0 Å². The summed E-state index contributed by atoms with van der Waals surface area (Å²) in [6.45, 7) is 2.48. The van der Waals surface area contributed by atoms with Crippen molar-refractivity contribution in [1.82, 2.24) is 0 Å². The van der Waals surface area contributed by atoms with Crippen molar-refractivity contribution in [3.05, 3.63) is 29.8 Å². The minimum absolute atomic E-state index is 0.0381. The van der Waals surface area contributed by atoms with E-state index in [1.807, 2.05) is 6.92 Å². The molecule has 0 aliphatic rings. The van der Waals surface area contributed by atoms with Crippen molar-refractivity contribution in [2.45, 2.75) is 24.7 Å². The summed E-state index contributed by atoms with van der Waals surface area (Å²) >= 11 is 0. The van der Waals surface area contributed by atoms with Gasteiger partial charge >= 0.3 is 5.97 Å². The van der Waals surface area contributed by atoms with E-state index in [0.717, 1.165) is 5.56 Å². The third kappa shape index (κ3) is 5.40. The molecule has 0 atom stereocenters. The maximum Gasteiger partial charge on any atom is 0.303 e. The van der Waals surface area contributed by atoms with Crippen LogP contribution in [0.25, 0.3) is 0 Å². The zero-order chi connectivity index (χ0) is 14.3. The standard InChI is InChI=1S/C13H18O5S/c1-2-18-9-10-19(16,17)12-6-3-11(4-7-12)5-8-13(14)15/h3-4,6-7H,2,5,8-10H2,1H3,(H,14,15). The molecular weight excluding hydrogens is 268 g/mol. The van der Waals surface area contributed by atoms with E-state index in [1.165, 1.54) is 12.1 Å². The molecule has 0 heterocycles. The number of hydrogen-bond acceptors (Lipinski definition) is 4. The number of hydrogen-bond donors (Lipinski definition) is 1. The van der Waals surface area contributed by atoms with Crippen molar-refractivity contribution in [1.29, 1.82) is 0 Å². The first-order valence-corrected chi connectivity index (χ1v) is 7.72. The number of rotatable bonds is 8. The Bertz CT molecular complexity index is 504. The zero-order valence-electron chi connectivity index (χ0n) is 10.8. The molecule has 0 saturated carbocycles. The van der Waals surface area contributed by atoms with Crippen molar-refractivity contribution in [2.75, 3.05) is 19.0 Å². The highest BCUT2D eigenvalue weighted by Gasteiger charge is 2.13. The molecule has 1 rings (SSSR count). The SMILES string of the molecule is CCOCCS(=O)(=O)c1ccc(CCC(=O)O)cc1. The summed E-state index contributed by atoms with van der Waals surface area (Å²) in [4.78, 5) is 10.7. The number of carboxylic acid groups (broad SMARTS) is 1. The van der Waals surface area contributed by atoms with Gasteiger partial charge in [0.2, 0.25) is 0 Å². The highest BCUT2D eigenvalue weighted by Crippen LogP contribution is 2.13. The van der Waals surface area contributed by atoms with Gasteiger partial charge < -0.3 is 9.84 Å². The summed E-state index contributed by atoms with van der Waals surface area (Å²) in [6.07, 6.45) is 0.436. The van der Waals surface area contributed by atoms with E-state index < -0.39 is 15.8 Å². The van der Waals surface area contributed by atoms with Gasteiger partial charge in [0.1, 0.15) is 0 Å². The zero-order valence-corrected chi connectivity index (χ0v) is 11.6. The van der Waals surface area contributed by atoms with Crippen LogP contribution in [0.5, 0.6) is 0 Å². The third-order valence-corrected chi connectivity index (χ3v) is 4.31. The summed E-state index contributed by atoms with van der Waals surface area (Å²) in [5.41, 5.74) is 0.811. The summed E-state index contributed by atoms with van der Waals surface area (Å²) in [5.74, 6) is -0.914. The molecule has 0 bridgehead atoms. The maximum absolute atomic E-state index is 11.9. The minimum Gasteiger partial charge on any atom is -0.481 e. The summed E-state index contributed by atoms with van der Waals surface area (Å²) in [5, 5.41) is 8.57. The number of aryl methyl sites for hydroxylation is 1. The lowest BCUT2D eigenvalue weighted by atomic mass is 10.1. The lowest BCUT2D eigenvalue weighted by molar-refractivity contribution is -0.136. The van der Waals surface area contributed by atoms with E-state index in [0.29, 0.717) is 13.0 Å². The molecule has 0 fully saturated rings. The molecule has 106 valence electrons. The van der Waals surface area contributed by atoms with Gasteiger partial charge in [0.05, 0.1) is 17.3 Å². The van der Waals surface area contributed by atoms with Gasteiger partial charge in [0, 0.05) is 13.0 Å². The number of carboxylic acids is 1. The van der Waals surface area contributed by atoms with Gasteiger partial charge in [0.25, 0.3) is 0 Å². The van der Waals surface area contributed by atoms with Crippen LogP contribution in [-0.4, -0.2) is 38.5 Å². The molecule has 1 N–H and O–H groups in total.